The number of hydrogen-bond acceptors (Lipinski definition) is 5. The standard InChI is InChI=1S/C18H27N3O5S/c1-27(24,25)21-12-10-19(11-13-21)14-15-2-4-16(5-3-15)26-17-6-8-20(9-7-17)18(22)23/h2-5,17H,6-14H2,1H3,(H,22,23). The fourth-order valence-electron chi connectivity index (χ4n) is 3.51. The molecule has 27 heavy (non-hydrogen) atoms. The third kappa shape index (κ3) is 5.57. The summed E-state index contributed by atoms with van der Waals surface area (Å²) in [5.74, 6) is 0.800. The van der Waals surface area contributed by atoms with Gasteiger partial charge in [-0.05, 0) is 17.7 Å². The number of hydrogen-bond donors (Lipinski definition) is 1. The molecule has 2 aliphatic rings. The molecule has 0 aromatic heterocycles. The molecule has 2 saturated heterocycles. The van der Waals surface area contributed by atoms with E-state index in [1.165, 1.54) is 15.5 Å². The smallest absolute Gasteiger partial charge is 0.407 e. The lowest BCUT2D eigenvalue weighted by molar-refractivity contribution is 0.0894. The minimum atomic E-state index is -3.10. The summed E-state index contributed by atoms with van der Waals surface area (Å²) in [7, 11) is -3.10. The summed E-state index contributed by atoms with van der Waals surface area (Å²) >= 11 is 0. The van der Waals surface area contributed by atoms with Crippen molar-refractivity contribution in [1.82, 2.24) is 14.1 Å². The maximum atomic E-state index is 11.6. The van der Waals surface area contributed by atoms with Crippen molar-refractivity contribution in [3.63, 3.8) is 0 Å². The van der Waals surface area contributed by atoms with Gasteiger partial charge >= 0.3 is 6.09 Å². The van der Waals surface area contributed by atoms with Gasteiger partial charge in [0.1, 0.15) is 11.9 Å². The molecule has 1 aromatic rings. The van der Waals surface area contributed by atoms with Crippen LogP contribution in [0, 0.1) is 0 Å². The minimum Gasteiger partial charge on any atom is -0.490 e. The number of amides is 1. The van der Waals surface area contributed by atoms with Gasteiger partial charge in [0.2, 0.25) is 10.0 Å². The molecule has 0 saturated carbocycles. The number of piperazine rings is 1. The molecule has 1 aromatic carbocycles. The summed E-state index contributed by atoms with van der Waals surface area (Å²) in [6.07, 6.45) is 1.86. The molecule has 0 spiro atoms. The van der Waals surface area contributed by atoms with Gasteiger partial charge in [-0.3, -0.25) is 4.90 Å². The first-order chi connectivity index (χ1) is 12.8. The van der Waals surface area contributed by atoms with E-state index in [9.17, 15) is 13.2 Å². The van der Waals surface area contributed by atoms with E-state index in [4.69, 9.17) is 9.84 Å². The molecule has 1 N–H and O–H groups in total. The van der Waals surface area contributed by atoms with Crippen molar-refractivity contribution in [3.05, 3.63) is 29.8 Å². The van der Waals surface area contributed by atoms with Gasteiger partial charge in [0.05, 0.1) is 6.26 Å². The highest BCUT2D eigenvalue weighted by Gasteiger charge is 2.24. The van der Waals surface area contributed by atoms with Gasteiger partial charge in [0.15, 0.2) is 0 Å². The number of carboxylic acid groups (broad SMARTS) is 1. The minimum absolute atomic E-state index is 0.0514. The molecule has 0 bridgehead atoms. The van der Waals surface area contributed by atoms with Crippen LogP contribution in [0.4, 0.5) is 4.79 Å². The Labute approximate surface area is 160 Å². The monoisotopic (exact) mass is 397 g/mol. The fourth-order valence-corrected chi connectivity index (χ4v) is 4.33. The summed E-state index contributed by atoms with van der Waals surface area (Å²) in [6, 6.07) is 7.96. The van der Waals surface area contributed by atoms with Crippen molar-refractivity contribution in [2.75, 3.05) is 45.5 Å². The van der Waals surface area contributed by atoms with Crippen molar-refractivity contribution in [3.8, 4) is 5.75 Å². The zero-order valence-corrected chi connectivity index (χ0v) is 16.4. The number of carbonyl (C=O) groups is 1. The molecule has 8 nitrogen and oxygen atoms in total. The second kappa shape index (κ2) is 8.45. The average molecular weight is 397 g/mol. The zero-order chi connectivity index (χ0) is 19.4. The number of sulfonamides is 1. The number of likely N-dealkylation sites (tertiary alicyclic amines) is 1. The molecule has 2 heterocycles. The summed E-state index contributed by atoms with van der Waals surface area (Å²) in [5.41, 5.74) is 1.16. The molecule has 0 unspecified atom stereocenters. The lowest BCUT2D eigenvalue weighted by Gasteiger charge is -2.33. The van der Waals surface area contributed by atoms with E-state index in [0.717, 1.165) is 30.9 Å². The maximum absolute atomic E-state index is 11.6. The Hall–Kier alpha value is -1.84. The van der Waals surface area contributed by atoms with Gasteiger partial charge in [-0.25, -0.2) is 13.2 Å². The SMILES string of the molecule is CS(=O)(=O)N1CCN(Cc2ccc(OC3CCN(C(=O)O)CC3)cc2)CC1. The number of nitrogens with zero attached hydrogens (tertiary/aromatic N) is 3. The van der Waals surface area contributed by atoms with Crippen LogP contribution in [0.3, 0.4) is 0 Å². The van der Waals surface area contributed by atoms with Crippen LogP contribution in [0.15, 0.2) is 24.3 Å². The lowest BCUT2D eigenvalue weighted by atomic mass is 10.1. The van der Waals surface area contributed by atoms with Crippen LogP contribution in [-0.4, -0.2) is 85.4 Å². The van der Waals surface area contributed by atoms with Gasteiger partial charge in [0.25, 0.3) is 0 Å². The summed E-state index contributed by atoms with van der Waals surface area (Å²) in [4.78, 5) is 14.6. The number of ether oxygens (including phenoxy) is 1. The van der Waals surface area contributed by atoms with E-state index in [1.54, 1.807) is 0 Å². The predicted molar refractivity (Wildman–Crippen MR) is 101 cm³/mol. The molecule has 2 fully saturated rings. The second-order valence-corrected chi connectivity index (χ2v) is 9.15. The Morgan fingerprint density at radius 1 is 1.07 bits per heavy atom. The molecule has 9 heteroatoms. The Morgan fingerprint density at radius 3 is 2.19 bits per heavy atom. The Balaban J connectivity index is 1.45. The molecule has 0 aliphatic carbocycles. The number of rotatable bonds is 5. The Bertz CT molecular complexity index is 737. The number of benzene rings is 1. The molecule has 3 rings (SSSR count). The summed E-state index contributed by atoms with van der Waals surface area (Å²) < 4.78 is 30.6. The highest BCUT2D eigenvalue weighted by atomic mass is 32.2. The van der Waals surface area contributed by atoms with E-state index >= 15 is 0 Å². The third-order valence-electron chi connectivity index (χ3n) is 5.15. The first-order valence-electron chi connectivity index (χ1n) is 9.22. The van der Waals surface area contributed by atoms with Gasteiger partial charge in [-0.15, -0.1) is 0 Å². The first-order valence-corrected chi connectivity index (χ1v) is 11.1. The van der Waals surface area contributed by atoms with Crippen LogP contribution in [0.1, 0.15) is 18.4 Å². The van der Waals surface area contributed by atoms with Crippen molar-refractivity contribution >= 4 is 16.1 Å². The van der Waals surface area contributed by atoms with Crippen LogP contribution in [0.5, 0.6) is 5.75 Å². The van der Waals surface area contributed by atoms with Crippen LogP contribution in [-0.2, 0) is 16.6 Å². The molecule has 150 valence electrons. The van der Waals surface area contributed by atoms with Crippen molar-refractivity contribution in [2.45, 2.75) is 25.5 Å². The summed E-state index contributed by atoms with van der Waals surface area (Å²) in [6.45, 7) is 4.34. The predicted octanol–water partition coefficient (Wildman–Crippen LogP) is 1.28. The highest BCUT2D eigenvalue weighted by Crippen LogP contribution is 2.20. The molecule has 0 atom stereocenters. The first kappa shape index (κ1) is 19.9. The van der Waals surface area contributed by atoms with Crippen molar-refractivity contribution < 1.29 is 23.1 Å². The molecule has 0 radical (unpaired) electrons. The fraction of sp³-hybridized carbons (Fsp3) is 0.611. The van der Waals surface area contributed by atoms with E-state index in [2.05, 4.69) is 4.90 Å². The third-order valence-corrected chi connectivity index (χ3v) is 6.45. The van der Waals surface area contributed by atoms with Crippen molar-refractivity contribution in [2.24, 2.45) is 0 Å². The van der Waals surface area contributed by atoms with Gasteiger partial charge in [-0.2, -0.15) is 4.31 Å². The maximum Gasteiger partial charge on any atom is 0.407 e. The average Bonchev–Trinajstić information content (AvgIpc) is 2.63. The van der Waals surface area contributed by atoms with Crippen molar-refractivity contribution in [1.29, 1.82) is 0 Å². The van der Waals surface area contributed by atoms with E-state index in [0.29, 0.717) is 39.0 Å². The molecular weight excluding hydrogens is 370 g/mol. The quantitative estimate of drug-likeness (QED) is 0.805. The molecule has 2 aliphatic heterocycles. The van der Waals surface area contributed by atoms with Crippen LogP contribution >= 0.6 is 0 Å². The van der Waals surface area contributed by atoms with Crippen LogP contribution in [0.2, 0.25) is 0 Å². The number of piperidine rings is 1. The Morgan fingerprint density at radius 2 is 1.67 bits per heavy atom. The molecule has 1 amide bonds. The van der Waals surface area contributed by atoms with E-state index < -0.39 is 16.1 Å². The van der Waals surface area contributed by atoms with Crippen LogP contribution in [0.25, 0.3) is 0 Å². The largest absolute Gasteiger partial charge is 0.490 e. The van der Waals surface area contributed by atoms with E-state index in [1.807, 2.05) is 24.3 Å². The highest BCUT2D eigenvalue weighted by molar-refractivity contribution is 7.88. The van der Waals surface area contributed by atoms with Gasteiger partial charge in [0, 0.05) is 58.7 Å². The lowest BCUT2D eigenvalue weighted by Crippen LogP contribution is -2.47. The topological polar surface area (TPSA) is 90.4 Å². The molecular formula is C18H27N3O5S. The van der Waals surface area contributed by atoms with E-state index in [-0.39, 0.29) is 6.10 Å². The second-order valence-electron chi connectivity index (χ2n) is 7.17. The van der Waals surface area contributed by atoms with Crippen LogP contribution < -0.4 is 4.74 Å². The van der Waals surface area contributed by atoms with Gasteiger partial charge in [-0.1, -0.05) is 12.1 Å². The van der Waals surface area contributed by atoms with Gasteiger partial charge < -0.3 is 14.7 Å². The Kier molecular flexibility index (Phi) is 6.23. The zero-order valence-electron chi connectivity index (χ0n) is 15.6. The normalized spacial score (nSPS) is 20.6. The summed E-state index contributed by atoms with van der Waals surface area (Å²) in [5, 5.41) is 8.98.